The van der Waals surface area contributed by atoms with Crippen LogP contribution >= 0.6 is 23.2 Å². The van der Waals surface area contributed by atoms with Gasteiger partial charge in [0.15, 0.2) is 0 Å². The summed E-state index contributed by atoms with van der Waals surface area (Å²) in [5.41, 5.74) is 1.94. The Kier molecular flexibility index (Phi) is 5.26. The number of halogens is 2. The standard InChI is InChI=1S/C18H16Cl2N4O/c1-24-16(20)10-22-17(24)11-21-15-5-3-2-4-14(15)18(25)23-13-8-6-12(19)7-9-13/h2-10,21H,11H2,1H3,(H,23,25). The highest BCUT2D eigenvalue weighted by atomic mass is 35.5. The van der Waals surface area contributed by atoms with E-state index in [0.29, 0.717) is 33.7 Å². The summed E-state index contributed by atoms with van der Waals surface area (Å²) in [7, 11) is 1.84. The van der Waals surface area contributed by atoms with Crippen LogP contribution in [0.25, 0.3) is 0 Å². The lowest BCUT2D eigenvalue weighted by Gasteiger charge is -2.12. The number of amides is 1. The van der Waals surface area contributed by atoms with E-state index in [1.165, 1.54) is 0 Å². The molecule has 2 N–H and O–H groups in total. The Balaban J connectivity index is 1.74. The van der Waals surface area contributed by atoms with Gasteiger partial charge in [0.25, 0.3) is 5.91 Å². The van der Waals surface area contributed by atoms with Gasteiger partial charge in [0, 0.05) is 23.4 Å². The molecule has 0 aliphatic rings. The van der Waals surface area contributed by atoms with E-state index < -0.39 is 0 Å². The molecule has 0 unspecified atom stereocenters. The summed E-state index contributed by atoms with van der Waals surface area (Å²) in [6.07, 6.45) is 1.59. The summed E-state index contributed by atoms with van der Waals surface area (Å²) in [5, 5.41) is 7.28. The minimum atomic E-state index is -0.205. The van der Waals surface area contributed by atoms with Gasteiger partial charge >= 0.3 is 0 Å². The second-order valence-electron chi connectivity index (χ2n) is 5.42. The second-order valence-corrected chi connectivity index (χ2v) is 6.24. The normalized spacial score (nSPS) is 10.5. The van der Waals surface area contributed by atoms with Gasteiger partial charge in [-0.05, 0) is 36.4 Å². The van der Waals surface area contributed by atoms with Gasteiger partial charge in [-0.3, -0.25) is 4.79 Å². The maximum atomic E-state index is 12.6. The van der Waals surface area contributed by atoms with Crippen LogP contribution in [0.3, 0.4) is 0 Å². The number of carbonyl (C=O) groups is 1. The summed E-state index contributed by atoms with van der Waals surface area (Å²) in [6, 6.07) is 14.3. The van der Waals surface area contributed by atoms with E-state index in [0.717, 1.165) is 5.82 Å². The molecule has 0 saturated carbocycles. The number of hydrogen-bond donors (Lipinski definition) is 2. The first-order chi connectivity index (χ1) is 12.0. The van der Waals surface area contributed by atoms with Crippen LogP contribution in [-0.4, -0.2) is 15.5 Å². The Morgan fingerprint density at radius 2 is 1.84 bits per heavy atom. The van der Waals surface area contributed by atoms with Crippen LogP contribution < -0.4 is 10.6 Å². The molecule has 0 radical (unpaired) electrons. The van der Waals surface area contributed by atoms with Crippen LogP contribution in [0, 0.1) is 0 Å². The van der Waals surface area contributed by atoms with Crippen molar-refractivity contribution in [2.24, 2.45) is 7.05 Å². The molecule has 5 nitrogen and oxygen atoms in total. The molecule has 2 aromatic carbocycles. The molecule has 128 valence electrons. The monoisotopic (exact) mass is 374 g/mol. The highest BCUT2D eigenvalue weighted by Gasteiger charge is 2.12. The lowest BCUT2D eigenvalue weighted by molar-refractivity contribution is 0.102. The molecular weight excluding hydrogens is 359 g/mol. The van der Waals surface area contributed by atoms with Crippen molar-refractivity contribution in [1.82, 2.24) is 9.55 Å². The van der Waals surface area contributed by atoms with Gasteiger partial charge in [-0.1, -0.05) is 35.3 Å². The molecule has 1 aromatic heterocycles. The van der Waals surface area contributed by atoms with E-state index in [-0.39, 0.29) is 5.91 Å². The fraction of sp³-hybridized carbons (Fsp3) is 0.111. The molecule has 7 heteroatoms. The number of hydrogen-bond acceptors (Lipinski definition) is 3. The molecule has 1 heterocycles. The van der Waals surface area contributed by atoms with Crippen LogP contribution in [0.15, 0.2) is 54.7 Å². The molecule has 0 bridgehead atoms. The predicted octanol–water partition coefficient (Wildman–Crippen LogP) is 4.59. The summed E-state index contributed by atoms with van der Waals surface area (Å²) in [5.74, 6) is 0.571. The van der Waals surface area contributed by atoms with Crippen molar-refractivity contribution in [2.45, 2.75) is 6.54 Å². The van der Waals surface area contributed by atoms with E-state index in [1.807, 2.05) is 25.2 Å². The highest BCUT2D eigenvalue weighted by molar-refractivity contribution is 6.30. The topological polar surface area (TPSA) is 59.0 Å². The predicted molar refractivity (Wildman–Crippen MR) is 101 cm³/mol. The lowest BCUT2D eigenvalue weighted by atomic mass is 10.1. The Morgan fingerprint density at radius 1 is 1.12 bits per heavy atom. The first kappa shape index (κ1) is 17.3. The Labute approximate surface area is 155 Å². The average Bonchev–Trinajstić information content (AvgIpc) is 2.94. The zero-order valence-corrected chi connectivity index (χ0v) is 15.0. The van der Waals surface area contributed by atoms with Crippen molar-refractivity contribution >= 4 is 40.5 Å². The van der Waals surface area contributed by atoms with E-state index in [9.17, 15) is 4.79 Å². The van der Waals surface area contributed by atoms with Gasteiger partial charge in [0.1, 0.15) is 11.0 Å². The van der Waals surface area contributed by atoms with E-state index >= 15 is 0 Å². The first-order valence-corrected chi connectivity index (χ1v) is 8.36. The van der Waals surface area contributed by atoms with Crippen LogP contribution in [-0.2, 0) is 13.6 Å². The highest BCUT2D eigenvalue weighted by Crippen LogP contribution is 2.20. The summed E-state index contributed by atoms with van der Waals surface area (Å²) >= 11 is 11.9. The number of imidazole rings is 1. The summed E-state index contributed by atoms with van der Waals surface area (Å²) < 4.78 is 1.78. The molecule has 3 aromatic rings. The number of aromatic nitrogens is 2. The third-order valence-electron chi connectivity index (χ3n) is 3.74. The van der Waals surface area contributed by atoms with Crippen LogP contribution in [0.5, 0.6) is 0 Å². The van der Waals surface area contributed by atoms with Crippen molar-refractivity contribution in [2.75, 3.05) is 10.6 Å². The van der Waals surface area contributed by atoms with Crippen LogP contribution in [0.1, 0.15) is 16.2 Å². The Morgan fingerprint density at radius 3 is 2.52 bits per heavy atom. The molecule has 1 amide bonds. The maximum Gasteiger partial charge on any atom is 0.257 e. The molecule has 0 fully saturated rings. The number of anilines is 2. The molecule has 0 spiro atoms. The molecular formula is C18H16Cl2N4O. The fourth-order valence-electron chi connectivity index (χ4n) is 2.33. The SMILES string of the molecule is Cn1c(Cl)cnc1CNc1ccccc1C(=O)Nc1ccc(Cl)cc1. The van der Waals surface area contributed by atoms with Gasteiger partial charge in [-0.2, -0.15) is 0 Å². The third-order valence-corrected chi connectivity index (χ3v) is 4.34. The van der Waals surface area contributed by atoms with Gasteiger partial charge in [0.2, 0.25) is 0 Å². The van der Waals surface area contributed by atoms with Crippen molar-refractivity contribution in [3.05, 3.63) is 76.3 Å². The summed E-state index contributed by atoms with van der Waals surface area (Å²) in [6.45, 7) is 0.453. The molecule has 0 aliphatic carbocycles. The lowest BCUT2D eigenvalue weighted by Crippen LogP contribution is -2.15. The number of para-hydroxylation sites is 1. The molecule has 0 atom stereocenters. The van der Waals surface area contributed by atoms with Crippen LogP contribution in [0.2, 0.25) is 10.2 Å². The number of benzene rings is 2. The van der Waals surface area contributed by atoms with Crippen molar-refractivity contribution < 1.29 is 4.79 Å². The fourth-order valence-corrected chi connectivity index (χ4v) is 2.60. The average molecular weight is 375 g/mol. The second kappa shape index (κ2) is 7.59. The first-order valence-electron chi connectivity index (χ1n) is 7.60. The number of nitrogens with one attached hydrogen (secondary N) is 2. The molecule has 0 saturated heterocycles. The van der Waals surface area contributed by atoms with Gasteiger partial charge in [0.05, 0.1) is 18.3 Å². The number of nitrogens with zero attached hydrogens (tertiary/aromatic N) is 2. The van der Waals surface area contributed by atoms with E-state index in [1.54, 1.807) is 41.1 Å². The number of carbonyl (C=O) groups excluding carboxylic acids is 1. The summed E-state index contributed by atoms with van der Waals surface area (Å²) in [4.78, 5) is 16.8. The van der Waals surface area contributed by atoms with Crippen molar-refractivity contribution in [3.63, 3.8) is 0 Å². The van der Waals surface area contributed by atoms with E-state index in [2.05, 4.69) is 15.6 Å². The van der Waals surface area contributed by atoms with Gasteiger partial charge < -0.3 is 15.2 Å². The quantitative estimate of drug-likeness (QED) is 0.686. The largest absolute Gasteiger partial charge is 0.377 e. The Hall–Kier alpha value is -2.50. The smallest absolute Gasteiger partial charge is 0.257 e. The van der Waals surface area contributed by atoms with Gasteiger partial charge in [-0.25, -0.2) is 4.98 Å². The zero-order chi connectivity index (χ0) is 17.8. The van der Waals surface area contributed by atoms with Gasteiger partial charge in [-0.15, -0.1) is 0 Å². The minimum absolute atomic E-state index is 0.205. The Bertz CT molecular complexity index is 890. The molecule has 0 aliphatic heterocycles. The van der Waals surface area contributed by atoms with Crippen molar-refractivity contribution in [3.8, 4) is 0 Å². The van der Waals surface area contributed by atoms with Crippen LogP contribution in [0.4, 0.5) is 11.4 Å². The minimum Gasteiger partial charge on any atom is -0.377 e. The number of rotatable bonds is 5. The third kappa shape index (κ3) is 4.13. The zero-order valence-electron chi connectivity index (χ0n) is 13.5. The molecule has 3 rings (SSSR count). The maximum absolute atomic E-state index is 12.6. The van der Waals surface area contributed by atoms with Crippen molar-refractivity contribution in [1.29, 1.82) is 0 Å². The van der Waals surface area contributed by atoms with E-state index in [4.69, 9.17) is 23.2 Å². The molecule has 25 heavy (non-hydrogen) atoms.